The molecule has 6 nitrogen and oxygen atoms in total. The molecule has 0 saturated carbocycles. The summed E-state index contributed by atoms with van der Waals surface area (Å²) < 4.78 is 5.36. The Labute approximate surface area is 127 Å². The average molecular weight is 313 g/mol. The van der Waals surface area contributed by atoms with Gasteiger partial charge in [-0.05, 0) is 25.1 Å². The van der Waals surface area contributed by atoms with Crippen molar-refractivity contribution in [2.24, 2.45) is 0 Å². The summed E-state index contributed by atoms with van der Waals surface area (Å²) in [6.07, 6.45) is 0. The number of morpholine rings is 1. The minimum absolute atomic E-state index is 0.0447. The maximum Gasteiger partial charge on any atom is 0.337 e. The van der Waals surface area contributed by atoms with Gasteiger partial charge < -0.3 is 20.1 Å². The predicted octanol–water partition coefficient (Wildman–Crippen LogP) is 1.38. The summed E-state index contributed by atoms with van der Waals surface area (Å²) in [5.74, 6) is -1.19. The fourth-order valence-electron chi connectivity index (χ4n) is 2.28. The molecule has 1 aliphatic rings. The molecule has 2 N–H and O–H groups in total. The molecule has 0 radical (unpaired) electrons. The summed E-state index contributed by atoms with van der Waals surface area (Å²) in [5.41, 5.74) is 0.757. The van der Waals surface area contributed by atoms with E-state index >= 15 is 0 Å². The lowest BCUT2D eigenvalue weighted by atomic mass is 10.1. The first-order chi connectivity index (χ1) is 10.0. The third kappa shape index (κ3) is 3.46. The standard InChI is InChI=1S/C14H17ClN2O4/c1-2-16-13(18)12-8-21-6-5-17(12)9-3-4-10(14(19)20)11(15)7-9/h3-4,7,12H,2,5-6,8H2,1H3,(H,16,18)(H,19,20). The van der Waals surface area contributed by atoms with E-state index in [0.717, 1.165) is 0 Å². The van der Waals surface area contributed by atoms with E-state index in [4.69, 9.17) is 21.4 Å². The van der Waals surface area contributed by atoms with E-state index in [1.807, 2.05) is 11.8 Å². The molecule has 21 heavy (non-hydrogen) atoms. The van der Waals surface area contributed by atoms with Crippen LogP contribution in [0.3, 0.4) is 0 Å². The van der Waals surface area contributed by atoms with Crippen molar-refractivity contribution in [1.29, 1.82) is 0 Å². The lowest BCUT2D eigenvalue weighted by Crippen LogP contribution is -2.54. The molecule has 7 heteroatoms. The highest BCUT2D eigenvalue weighted by Crippen LogP contribution is 2.26. The zero-order valence-corrected chi connectivity index (χ0v) is 12.4. The first-order valence-corrected chi connectivity index (χ1v) is 7.07. The molecule has 2 rings (SSSR count). The summed E-state index contributed by atoms with van der Waals surface area (Å²) in [4.78, 5) is 24.9. The molecule has 114 valence electrons. The van der Waals surface area contributed by atoms with Crippen molar-refractivity contribution >= 4 is 29.2 Å². The number of benzene rings is 1. The van der Waals surface area contributed by atoms with E-state index in [0.29, 0.717) is 32.0 Å². The lowest BCUT2D eigenvalue weighted by molar-refractivity contribution is -0.124. The van der Waals surface area contributed by atoms with Crippen molar-refractivity contribution in [2.75, 3.05) is 31.2 Å². The van der Waals surface area contributed by atoms with Crippen LogP contribution in [-0.4, -0.2) is 49.3 Å². The Hall–Kier alpha value is -1.79. The lowest BCUT2D eigenvalue weighted by Gasteiger charge is -2.36. The molecule has 0 bridgehead atoms. The number of rotatable bonds is 4. The van der Waals surface area contributed by atoms with Crippen LogP contribution in [0.15, 0.2) is 18.2 Å². The molecule has 1 unspecified atom stereocenters. The van der Waals surface area contributed by atoms with Crippen molar-refractivity contribution in [2.45, 2.75) is 13.0 Å². The first kappa shape index (κ1) is 15.6. The van der Waals surface area contributed by atoms with Crippen LogP contribution in [0.5, 0.6) is 0 Å². The number of likely N-dealkylation sites (N-methyl/N-ethyl adjacent to an activating group) is 1. The number of carboxylic acid groups (broad SMARTS) is 1. The van der Waals surface area contributed by atoms with Gasteiger partial charge in [0, 0.05) is 18.8 Å². The third-order valence-corrected chi connectivity index (χ3v) is 3.61. The number of hydrogen-bond acceptors (Lipinski definition) is 4. The molecule has 0 aromatic heterocycles. The zero-order valence-electron chi connectivity index (χ0n) is 11.6. The highest BCUT2D eigenvalue weighted by molar-refractivity contribution is 6.33. The largest absolute Gasteiger partial charge is 0.478 e. The van der Waals surface area contributed by atoms with Gasteiger partial charge >= 0.3 is 5.97 Å². The van der Waals surface area contributed by atoms with Crippen LogP contribution in [-0.2, 0) is 9.53 Å². The van der Waals surface area contributed by atoms with Gasteiger partial charge in [-0.2, -0.15) is 0 Å². The van der Waals surface area contributed by atoms with Gasteiger partial charge in [-0.3, -0.25) is 4.79 Å². The summed E-state index contributed by atoms with van der Waals surface area (Å²) in [6.45, 7) is 3.75. The van der Waals surface area contributed by atoms with Crippen LogP contribution < -0.4 is 10.2 Å². The van der Waals surface area contributed by atoms with E-state index in [2.05, 4.69) is 5.32 Å². The van der Waals surface area contributed by atoms with Crippen LogP contribution in [0.2, 0.25) is 5.02 Å². The van der Waals surface area contributed by atoms with E-state index in [-0.39, 0.29) is 16.5 Å². The second kappa shape index (κ2) is 6.78. The number of ether oxygens (including phenoxy) is 1. The molecule has 1 amide bonds. The molecule has 1 aromatic carbocycles. The summed E-state index contributed by atoms with van der Waals surface area (Å²) in [6, 6.07) is 4.24. The van der Waals surface area contributed by atoms with E-state index < -0.39 is 12.0 Å². The van der Waals surface area contributed by atoms with Gasteiger partial charge in [0.25, 0.3) is 0 Å². The number of halogens is 1. The number of amides is 1. The minimum atomic E-state index is -1.08. The van der Waals surface area contributed by atoms with Crippen molar-refractivity contribution in [3.8, 4) is 0 Å². The second-order valence-electron chi connectivity index (χ2n) is 4.65. The molecule has 1 heterocycles. The van der Waals surface area contributed by atoms with Crippen LogP contribution in [0, 0.1) is 0 Å². The molecule has 0 aliphatic carbocycles. The maximum atomic E-state index is 12.1. The minimum Gasteiger partial charge on any atom is -0.478 e. The van der Waals surface area contributed by atoms with E-state index in [1.54, 1.807) is 12.1 Å². The molecule has 1 aliphatic heterocycles. The summed E-state index contributed by atoms with van der Waals surface area (Å²) >= 11 is 5.99. The van der Waals surface area contributed by atoms with Crippen molar-refractivity contribution in [3.05, 3.63) is 28.8 Å². The normalized spacial score (nSPS) is 18.4. The molecule has 1 aromatic rings. The Morgan fingerprint density at radius 2 is 2.29 bits per heavy atom. The molecule has 1 atom stereocenters. The van der Waals surface area contributed by atoms with Gasteiger partial charge in [0.2, 0.25) is 5.91 Å². The smallest absolute Gasteiger partial charge is 0.337 e. The van der Waals surface area contributed by atoms with E-state index in [1.165, 1.54) is 6.07 Å². The zero-order chi connectivity index (χ0) is 15.4. The van der Waals surface area contributed by atoms with Crippen LogP contribution >= 0.6 is 11.6 Å². The number of hydrogen-bond donors (Lipinski definition) is 2. The quantitative estimate of drug-likeness (QED) is 0.878. The van der Waals surface area contributed by atoms with Gasteiger partial charge in [0.1, 0.15) is 6.04 Å². The molecule has 0 spiro atoms. The van der Waals surface area contributed by atoms with Crippen LogP contribution in [0.1, 0.15) is 17.3 Å². The fourth-order valence-corrected chi connectivity index (χ4v) is 2.53. The Bertz CT molecular complexity index is 550. The Kier molecular flexibility index (Phi) is 5.03. The van der Waals surface area contributed by atoms with Crippen LogP contribution in [0.25, 0.3) is 0 Å². The number of nitrogens with zero attached hydrogens (tertiary/aromatic N) is 1. The predicted molar refractivity (Wildman–Crippen MR) is 79.0 cm³/mol. The molecular weight excluding hydrogens is 296 g/mol. The van der Waals surface area contributed by atoms with Gasteiger partial charge in [-0.25, -0.2) is 4.79 Å². The summed E-state index contributed by atoms with van der Waals surface area (Å²) in [5, 5.41) is 11.9. The molecular formula is C14H17ClN2O4. The van der Waals surface area contributed by atoms with Gasteiger partial charge in [0.05, 0.1) is 23.8 Å². The number of carbonyl (C=O) groups is 2. The number of anilines is 1. The number of aromatic carboxylic acids is 1. The topological polar surface area (TPSA) is 78.9 Å². The maximum absolute atomic E-state index is 12.1. The number of carboxylic acids is 1. The van der Waals surface area contributed by atoms with E-state index in [9.17, 15) is 9.59 Å². The Balaban J connectivity index is 2.27. The van der Waals surface area contributed by atoms with Crippen LogP contribution in [0.4, 0.5) is 5.69 Å². The van der Waals surface area contributed by atoms with Crippen molar-refractivity contribution in [3.63, 3.8) is 0 Å². The van der Waals surface area contributed by atoms with Gasteiger partial charge in [-0.1, -0.05) is 11.6 Å². The number of carbonyl (C=O) groups excluding carboxylic acids is 1. The third-order valence-electron chi connectivity index (χ3n) is 3.30. The van der Waals surface area contributed by atoms with Crippen molar-refractivity contribution in [1.82, 2.24) is 5.32 Å². The second-order valence-corrected chi connectivity index (χ2v) is 5.06. The molecule has 1 fully saturated rings. The fraction of sp³-hybridized carbons (Fsp3) is 0.429. The molecule has 1 saturated heterocycles. The first-order valence-electron chi connectivity index (χ1n) is 6.69. The van der Waals surface area contributed by atoms with Gasteiger partial charge in [-0.15, -0.1) is 0 Å². The summed E-state index contributed by atoms with van der Waals surface area (Å²) in [7, 11) is 0. The highest BCUT2D eigenvalue weighted by atomic mass is 35.5. The average Bonchev–Trinajstić information content (AvgIpc) is 2.47. The Morgan fingerprint density at radius 1 is 1.52 bits per heavy atom. The number of nitrogens with one attached hydrogen (secondary N) is 1. The van der Waals surface area contributed by atoms with Crippen molar-refractivity contribution < 1.29 is 19.4 Å². The SMILES string of the molecule is CCNC(=O)C1COCCN1c1ccc(C(=O)O)c(Cl)c1. The van der Waals surface area contributed by atoms with Gasteiger partial charge in [0.15, 0.2) is 0 Å². The highest BCUT2D eigenvalue weighted by Gasteiger charge is 2.29. The monoisotopic (exact) mass is 312 g/mol. The Morgan fingerprint density at radius 3 is 2.90 bits per heavy atom.